The van der Waals surface area contributed by atoms with E-state index < -0.39 is 11.9 Å². The number of nitriles is 1. The van der Waals surface area contributed by atoms with Crippen LogP contribution in [0.3, 0.4) is 0 Å². The maximum Gasteiger partial charge on any atom is 0.348 e. The molecule has 176 valence electrons. The van der Waals surface area contributed by atoms with Crippen LogP contribution < -0.4 is 14.2 Å². The minimum Gasteiger partial charge on any atom is -0.493 e. The highest BCUT2D eigenvalue weighted by atomic mass is 16.6. The average Bonchev–Trinajstić information content (AvgIpc) is 2.90. The maximum absolute atomic E-state index is 12.3. The van der Waals surface area contributed by atoms with Crippen molar-refractivity contribution in [2.75, 3.05) is 14.2 Å². The van der Waals surface area contributed by atoms with E-state index in [0.29, 0.717) is 12.2 Å². The minimum absolute atomic E-state index is 0.168. The van der Waals surface area contributed by atoms with Crippen molar-refractivity contribution in [3.8, 4) is 23.3 Å². The standard InChI is InChI=1S/C28H23NO6/c1-32-26-17-22(16-23(18-29)28(31)33-2)10-14-25(26)35-27(30)15-11-20-8-12-24(13-9-20)34-19-21-6-4-3-5-7-21/h3-17H,19H2,1-2H3/b15-11+,23-16+. The van der Waals surface area contributed by atoms with Crippen molar-refractivity contribution in [2.24, 2.45) is 0 Å². The summed E-state index contributed by atoms with van der Waals surface area (Å²) in [6.45, 7) is 0.472. The molecule has 0 aliphatic heterocycles. The van der Waals surface area contributed by atoms with Gasteiger partial charge in [0, 0.05) is 6.08 Å². The number of carbonyl (C=O) groups is 2. The molecule has 3 aromatic carbocycles. The van der Waals surface area contributed by atoms with Gasteiger partial charge in [-0.3, -0.25) is 0 Å². The molecule has 7 heteroatoms. The van der Waals surface area contributed by atoms with Crippen molar-refractivity contribution in [1.29, 1.82) is 5.26 Å². The Balaban J connectivity index is 1.61. The topological polar surface area (TPSA) is 94.9 Å². The molecule has 0 aliphatic rings. The van der Waals surface area contributed by atoms with Crippen LogP contribution in [-0.2, 0) is 20.9 Å². The normalized spacial score (nSPS) is 10.9. The third-order valence-corrected chi connectivity index (χ3v) is 4.78. The van der Waals surface area contributed by atoms with E-state index in [0.717, 1.165) is 16.9 Å². The Morgan fingerprint density at radius 2 is 1.63 bits per heavy atom. The van der Waals surface area contributed by atoms with Crippen LogP contribution in [0, 0.1) is 11.3 Å². The number of rotatable bonds is 9. The van der Waals surface area contributed by atoms with Gasteiger partial charge in [0.2, 0.25) is 0 Å². The molecule has 0 unspecified atom stereocenters. The number of hydrogen-bond acceptors (Lipinski definition) is 7. The lowest BCUT2D eigenvalue weighted by Crippen LogP contribution is -2.05. The summed E-state index contributed by atoms with van der Waals surface area (Å²) >= 11 is 0. The predicted molar refractivity (Wildman–Crippen MR) is 130 cm³/mol. The first kappa shape index (κ1) is 24.8. The van der Waals surface area contributed by atoms with E-state index in [1.165, 1.54) is 32.4 Å². The molecule has 0 atom stereocenters. The van der Waals surface area contributed by atoms with Gasteiger partial charge < -0.3 is 18.9 Å². The molecule has 0 saturated carbocycles. The van der Waals surface area contributed by atoms with E-state index in [1.807, 2.05) is 54.6 Å². The number of hydrogen-bond donors (Lipinski definition) is 0. The van der Waals surface area contributed by atoms with Crippen molar-refractivity contribution < 1.29 is 28.5 Å². The van der Waals surface area contributed by atoms with Crippen molar-refractivity contribution in [3.63, 3.8) is 0 Å². The summed E-state index contributed by atoms with van der Waals surface area (Å²) in [7, 11) is 2.61. The number of methoxy groups -OCH3 is 2. The lowest BCUT2D eigenvalue weighted by atomic mass is 10.1. The fourth-order valence-corrected chi connectivity index (χ4v) is 2.99. The van der Waals surface area contributed by atoms with Gasteiger partial charge in [-0.1, -0.05) is 48.5 Å². The Morgan fingerprint density at radius 1 is 0.914 bits per heavy atom. The van der Waals surface area contributed by atoms with Gasteiger partial charge in [0.05, 0.1) is 14.2 Å². The maximum atomic E-state index is 12.3. The average molecular weight is 469 g/mol. The van der Waals surface area contributed by atoms with Crippen LogP contribution in [-0.4, -0.2) is 26.2 Å². The second-order valence-corrected chi connectivity index (χ2v) is 7.17. The van der Waals surface area contributed by atoms with Gasteiger partial charge in [0.1, 0.15) is 24.0 Å². The lowest BCUT2D eigenvalue weighted by Gasteiger charge is -2.09. The zero-order chi connectivity index (χ0) is 25.0. The molecule has 3 aromatic rings. The third kappa shape index (κ3) is 7.34. The lowest BCUT2D eigenvalue weighted by molar-refractivity contribution is -0.135. The molecular weight excluding hydrogens is 446 g/mol. The predicted octanol–water partition coefficient (Wildman–Crippen LogP) is 4.97. The van der Waals surface area contributed by atoms with Gasteiger partial charge >= 0.3 is 11.9 Å². The van der Waals surface area contributed by atoms with Crippen LogP contribution in [0.15, 0.2) is 84.4 Å². The van der Waals surface area contributed by atoms with E-state index in [9.17, 15) is 9.59 Å². The molecule has 0 aliphatic carbocycles. The Bertz CT molecular complexity index is 1270. The van der Waals surface area contributed by atoms with Crippen molar-refractivity contribution in [3.05, 3.63) is 101 Å². The van der Waals surface area contributed by atoms with Gasteiger partial charge in [-0.15, -0.1) is 0 Å². The van der Waals surface area contributed by atoms with E-state index in [2.05, 4.69) is 4.74 Å². The van der Waals surface area contributed by atoms with E-state index >= 15 is 0 Å². The second kappa shape index (κ2) is 12.4. The SMILES string of the molecule is COC(=O)/C(C#N)=C/c1ccc(OC(=O)/C=C/c2ccc(OCc3ccccc3)cc2)c(OC)c1. The monoisotopic (exact) mass is 469 g/mol. The highest BCUT2D eigenvalue weighted by Crippen LogP contribution is 2.29. The second-order valence-electron chi connectivity index (χ2n) is 7.17. The van der Waals surface area contributed by atoms with Crippen molar-refractivity contribution in [2.45, 2.75) is 6.61 Å². The number of ether oxygens (including phenoxy) is 4. The first-order chi connectivity index (χ1) is 17.0. The molecule has 0 bridgehead atoms. The van der Waals surface area contributed by atoms with E-state index in [-0.39, 0.29) is 17.1 Å². The number of benzene rings is 3. The molecule has 7 nitrogen and oxygen atoms in total. The molecular formula is C28H23NO6. The van der Waals surface area contributed by atoms with Gasteiger partial charge in [-0.05, 0) is 53.1 Å². The molecule has 0 radical (unpaired) electrons. The summed E-state index contributed by atoms with van der Waals surface area (Å²) in [4.78, 5) is 23.9. The first-order valence-electron chi connectivity index (χ1n) is 10.6. The van der Waals surface area contributed by atoms with Crippen molar-refractivity contribution in [1.82, 2.24) is 0 Å². The van der Waals surface area contributed by atoms with Crippen LogP contribution in [0.2, 0.25) is 0 Å². The number of esters is 2. The number of nitrogens with zero attached hydrogens (tertiary/aromatic N) is 1. The molecule has 0 spiro atoms. The van der Waals surface area contributed by atoms with Crippen LogP contribution in [0.1, 0.15) is 16.7 Å². The zero-order valence-electron chi connectivity index (χ0n) is 19.3. The van der Waals surface area contributed by atoms with Crippen LogP contribution in [0.5, 0.6) is 17.2 Å². The summed E-state index contributed by atoms with van der Waals surface area (Å²) < 4.78 is 21.0. The molecule has 35 heavy (non-hydrogen) atoms. The highest BCUT2D eigenvalue weighted by Gasteiger charge is 2.12. The Labute approximate surface area is 203 Å². The molecule has 0 heterocycles. The summed E-state index contributed by atoms with van der Waals surface area (Å²) in [6.07, 6.45) is 4.29. The minimum atomic E-state index is -0.747. The third-order valence-electron chi connectivity index (χ3n) is 4.78. The zero-order valence-corrected chi connectivity index (χ0v) is 19.3. The van der Waals surface area contributed by atoms with Crippen molar-refractivity contribution >= 4 is 24.1 Å². The summed E-state index contributed by atoms with van der Waals surface area (Å²) in [5, 5.41) is 9.10. The molecule has 0 N–H and O–H groups in total. The molecule has 0 amide bonds. The summed E-state index contributed by atoms with van der Waals surface area (Å²) in [5.41, 5.74) is 2.22. The van der Waals surface area contributed by atoms with Gasteiger partial charge in [-0.2, -0.15) is 5.26 Å². The Morgan fingerprint density at radius 3 is 2.29 bits per heavy atom. The fourth-order valence-electron chi connectivity index (χ4n) is 2.99. The van der Waals surface area contributed by atoms with E-state index in [1.54, 1.807) is 24.3 Å². The van der Waals surface area contributed by atoms with Gasteiger partial charge in [-0.25, -0.2) is 9.59 Å². The molecule has 0 aromatic heterocycles. The Hall–Kier alpha value is -4.83. The Kier molecular flexibility index (Phi) is 8.80. The molecule has 0 fully saturated rings. The van der Waals surface area contributed by atoms with Crippen LogP contribution >= 0.6 is 0 Å². The molecule has 3 rings (SSSR count). The first-order valence-corrected chi connectivity index (χ1v) is 10.6. The van der Waals surface area contributed by atoms with Crippen LogP contribution in [0.25, 0.3) is 12.2 Å². The number of carbonyl (C=O) groups excluding carboxylic acids is 2. The van der Waals surface area contributed by atoms with Gasteiger partial charge in [0.25, 0.3) is 0 Å². The van der Waals surface area contributed by atoms with E-state index in [4.69, 9.17) is 19.5 Å². The summed E-state index contributed by atoms with van der Waals surface area (Å²) in [6, 6.07) is 23.6. The summed E-state index contributed by atoms with van der Waals surface area (Å²) in [5.74, 6) is -0.159. The quantitative estimate of drug-likeness (QED) is 0.189. The van der Waals surface area contributed by atoms with Crippen LogP contribution in [0.4, 0.5) is 0 Å². The highest BCUT2D eigenvalue weighted by molar-refractivity contribution is 5.98. The smallest absolute Gasteiger partial charge is 0.348 e. The fraction of sp³-hybridized carbons (Fsp3) is 0.107. The largest absolute Gasteiger partial charge is 0.493 e. The molecule has 0 saturated heterocycles. The van der Waals surface area contributed by atoms with Gasteiger partial charge in [0.15, 0.2) is 11.5 Å².